The van der Waals surface area contributed by atoms with E-state index in [-0.39, 0.29) is 12.2 Å². The van der Waals surface area contributed by atoms with Crippen LogP contribution in [0.15, 0.2) is 72.0 Å². The van der Waals surface area contributed by atoms with Gasteiger partial charge in [0.25, 0.3) is 0 Å². The summed E-state index contributed by atoms with van der Waals surface area (Å²) in [6, 6.07) is 15.2. The molecule has 0 aromatic heterocycles. The largest absolute Gasteiger partial charge is 0.511 e. The molecule has 2 bridgehead atoms. The molecule has 2 N–H and O–H groups in total. The molecule has 4 rings (SSSR count). The van der Waals surface area contributed by atoms with Crippen molar-refractivity contribution in [2.24, 2.45) is 23.7 Å². The van der Waals surface area contributed by atoms with Crippen LogP contribution >= 0.6 is 0 Å². The van der Waals surface area contributed by atoms with E-state index >= 15 is 0 Å². The minimum absolute atomic E-state index is 0.150. The maximum absolute atomic E-state index is 13.4. The number of carbonyl (C=O) groups is 5. The highest BCUT2D eigenvalue weighted by Gasteiger charge is 2.71. The Morgan fingerprint density at radius 1 is 0.773 bits per heavy atom. The highest BCUT2D eigenvalue weighted by atomic mass is 16.5. The second-order valence-corrected chi connectivity index (χ2v) is 10.3. The summed E-state index contributed by atoms with van der Waals surface area (Å²) in [5.74, 6) is -13.2. The van der Waals surface area contributed by atoms with E-state index in [2.05, 4.69) is 0 Å². The van der Waals surface area contributed by atoms with E-state index in [1.165, 1.54) is 30.3 Å². The molecule has 2 aromatic carbocycles. The van der Waals surface area contributed by atoms with E-state index in [1.807, 2.05) is 30.3 Å². The topological polar surface area (TPSA) is 172 Å². The number of ether oxygens (including phenoxy) is 5. The molecule has 0 heterocycles. The standard InChI is InChI=1S/C32H32O12/c1-40-28(35)23-21-16-20(18-11-13-19(14-12-18)44-22(33)15-10-17-8-6-5-7-9-17)24(29(36)41-2)32(39,25(21)30(37)42-3)26(27(23)34)31(38)43-4/h5-15,20-21,24-26,34,39H,16H2,1-4H3/b15-10+/t20?,21-,24+,25+,26?,32-/m1/s1. The van der Waals surface area contributed by atoms with Crippen LogP contribution in [-0.2, 0) is 42.9 Å². The normalized spacial score (nSPS) is 26.0. The molecule has 232 valence electrons. The highest BCUT2D eigenvalue weighted by Crippen LogP contribution is 2.60. The minimum atomic E-state index is -2.66. The third-order valence-electron chi connectivity index (χ3n) is 8.18. The van der Waals surface area contributed by atoms with Crippen molar-refractivity contribution in [1.29, 1.82) is 0 Å². The van der Waals surface area contributed by atoms with Crippen LogP contribution in [0.2, 0.25) is 0 Å². The SMILES string of the molecule is COC(=O)C1=C(O)C(C(=O)OC)[C@@]2(O)[C@H](C(=O)OC)C(c3ccc(OC(=O)/C=C/c4ccccc4)cc3)C[C@H]1[C@H]2C(=O)OC. The molecule has 0 radical (unpaired) electrons. The lowest BCUT2D eigenvalue weighted by molar-refractivity contribution is -0.208. The highest BCUT2D eigenvalue weighted by molar-refractivity contribution is 5.96. The lowest BCUT2D eigenvalue weighted by Crippen LogP contribution is -2.68. The third-order valence-corrected chi connectivity index (χ3v) is 8.18. The Morgan fingerprint density at radius 2 is 1.34 bits per heavy atom. The Morgan fingerprint density at radius 3 is 1.89 bits per heavy atom. The summed E-state index contributed by atoms with van der Waals surface area (Å²) < 4.78 is 25.0. The number of aliphatic hydroxyl groups excluding tert-OH is 1. The third kappa shape index (κ3) is 5.68. The average molecular weight is 609 g/mol. The molecular formula is C32H32O12. The number of benzene rings is 2. The molecule has 1 saturated carbocycles. The summed E-state index contributed by atoms with van der Waals surface area (Å²) in [5, 5.41) is 23.6. The molecule has 2 aliphatic rings. The minimum Gasteiger partial charge on any atom is -0.511 e. The van der Waals surface area contributed by atoms with Crippen LogP contribution in [0.25, 0.3) is 6.08 Å². The summed E-state index contributed by atoms with van der Waals surface area (Å²) >= 11 is 0. The van der Waals surface area contributed by atoms with Gasteiger partial charge >= 0.3 is 29.8 Å². The van der Waals surface area contributed by atoms with Gasteiger partial charge in [-0.15, -0.1) is 0 Å². The molecule has 12 heteroatoms. The Bertz CT molecular complexity index is 1490. The fraction of sp³-hybridized carbons (Fsp3) is 0.344. The Hall–Kier alpha value is -4.97. The fourth-order valence-corrected chi connectivity index (χ4v) is 6.33. The number of carbonyl (C=O) groups excluding carboxylic acids is 5. The molecule has 44 heavy (non-hydrogen) atoms. The van der Waals surface area contributed by atoms with Gasteiger partial charge in [0.05, 0.1) is 45.8 Å². The zero-order chi connectivity index (χ0) is 32.2. The average Bonchev–Trinajstić information content (AvgIpc) is 3.03. The van der Waals surface area contributed by atoms with Crippen molar-refractivity contribution >= 4 is 35.9 Å². The Labute approximate surface area is 252 Å². The van der Waals surface area contributed by atoms with Crippen LogP contribution in [0, 0.1) is 23.7 Å². The van der Waals surface area contributed by atoms with Gasteiger partial charge in [-0.3, -0.25) is 14.4 Å². The van der Waals surface area contributed by atoms with Crippen molar-refractivity contribution < 1.29 is 57.9 Å². The van der Waals surface area contributed by atoms with Gasteiger partial charge in [-0.1, -0.05) is 42.5 Å². The zero-order valence-corrected chi connectivity index (χ0v) is 24.4. The number of fused-ring (bicyclic) bond motifs is 2. The van der Waals surface area contributed by atoms with Crippen LogP contribution in [0.3, 0.4) is 0 Å². The van der Waals surface area contributed by atoms with Gasteiger partial charge in [0.15, 0.2) is 0 Å². The number of rotatable bonds is 8. The maximum Gasteiger partial charge on any atom is 0.337 e. The predicted octanol–water partition coefficient (Wildman–Crippen LogP) is 2.51. The number of aliphatic hydroxyl groups is 2. The van der Waals surface area contributed by atoms with E-state index in [0.29, 0.717) is 5.56 Å². The molecule has 2 aromatic rings. The Kier molecular flexibility index (Phi) is 9.53. The molecule has 0 saturated heterocycles. The molecule has 0 amide bonds. The van der Waals surface area contributed by atoms with Crippen molar-refractivity contribution in [2.75, 3.05) is 28.4 Å². The van der Waals surface area contributed by atoms with E-state index in [9.17, 15) is 34.2 Å². The van der Waals surface area contributed by atoms with Crippen molar-refractivity contribution in [1.82, 2.24) is 0 Å². The number of methoxy groups -OCH3 is 4. The van der Waals surface area contributed by atoms with Crippen molar-refractivity contribution in [3.63, 3.8) is 0 Å². The lowest BCUT2D eigenvalue weighted by Gasteiger charge is -2.55. The first-order valence-electron chi connectivity index (χ1n) is 13.5. The monoisotopic (exact) mass is 608 g/mol. The summed E-state index contributed by atoms with van der Waals surface area (Å²) in [5.41, 5.74) is -1.86. The number of esters is 5. The lowest BCUT2D eigenvalue weighted by atomic mass is 9.49. The Balaban J connectivity index is 1.78. The van der Waals surface area contributed by atoms with Crippen LogP contribution in [0.1, 0.15) is 23.5 Å². The molecule has 0 aliphatic heterocycles. The van der Waals surface area contributed by atoms with Gasteiger partial charge in [-0.2, -0.15) is 0 Å². The second-order valence-electron chi connectivity index (χ2n) is 10.3. The quantitative estimate of drug-likeness (QED) is 0.194. The van der Waals surface area contributed by atoms with Gasteiger partial charge in [-0.05, 0) is 35.8 Å². The van der Waals surface area contributed by atoms with Crippen LogP contribution in [0.4, 0.5) is 0 Å². The van der Waals surface area contributed by atoms with E-state index in [0.717, 1.165) is 34.0 Å². The summed E-state index contributed by atoms with van der Waals surface area (Å²) in [4.78, 5) is 65.0. The smallest absolute Gasteiger partial charge is 0.337 e. The first kappa shape index (κ1) is 32.0. The van der Waals surface area contributed by atoms with Crippen LogP contribution in [0.5, 0.6) is 5.75 Å². The van der Waals surface area contributed by atoms with E-state index in [1.54, 1.807) is 6.08 Å². The maximum atomic E-state index is 13.4. The summed E-state index contributed by atoms with van der Waals surface area (Å²) in [6.07, 6.45) is 2.71. The molecular weight excluding hydrogens is 576 g/mol. The fourth-order valence-electron chi connectivity index (χ4n) is 6.33. The molecule has 2 unspecified atom stereocenters. The van der Waals surface area contributed by atoms with Crippen LogP contribution in [-0.4, -0.2) is 74.1 Å². The molecule has 0 spiro atoms. The van der Waals surface area contributed by atoms with Crippen molar-refractivity contribution in [2.45, 2.75) is 17.9 Å². The number of hydrogen-bond acceptors (Lipinski definition) is 12. The van der Waals surface area contributed by atoms with Gasteiger partial charge in [-0.25, -0.2) is 9.59 Å². The zero-order valence-electron chi connectivity index (χ0n) is 24.4. The van der Waals surface area contributed by atoms with E-state index < -0.39 is 76.4 Å². The van der Waals surface area contributed by atoms with Crippen molar-refractivity contribution in [3.8, 4) is 5.75 Å². The molecule has 12 nitrogen and oxygen atoms in total. The summed E-state index contributed by atoms with van der Waals surface area (Å²) in [6.45, 7) is 0. The van der Waals surface area contributed by atoms with Crippen molar-refractivity contribution in [3.05, 3.63) is 83.1 Å². The van der Waals surface area contributed by atoms with E-state index in [4.69, 9.17) is 23.7 Å². The summed E-state index contributed by atoms with van der Waals surface area (Å²) in [7, 11) is 4.15. The van der Waals surface area contributed by atoms with Crippen LogP contribution < -0.4 is 4.74 Å². The first-order chi connectivity index (χ1) is 21.0. The second kappa shape index (κ2) is 13.1. The van der Waals surface area contributed by atoms with Gasteiger partial charge in [0, 0.05) is 17.9 Å². The number of hydrogen-bond donors (Lipinski definition) is 2. The first-order valence-corrected chi connectivity index (χ1v) is 13.5. The van der Waals surface area contributed by atoms with Gasteiger partial charge < -0.3 is 33.9 Å². The molecule has 1 fully saturated rings. The molecule has 6 atom stereocenters. The van der Waals surface area contributed by atoms with Gasteiger partial charge in [0.2, 0.25) is 0 Å². The molecule has 2 aliphatic carbocycles. The van der Waals surface area contributed by atoms with Gasteiger partial charge in [0.1, 0.15) is 23.0 Å². The predicted molar refractivity (Wildman–Crippen MR) is 152 cm³/mol.